The largest absolute Gasteiger partial charge is 0.748 e. The van der Waals surface area contributed by atoms with Crippen molar-refractivity contribution in [2.45, 2.75) is 47.8 Å². The summed E-state index contributed by atoms with van der Waals surface area (Å²) in [6, 6.07) is 9.23. The summed E-state index contributed by atoms with van der Waals surface area (Å²) < 4.78 is 116. The van der Waals surface area contributed by atoms with E-state index in [4.69, 9.17) is 0 Å². The van der Waals surface area contributed by atoms with E-state index < -0.39 is 76.9 Å². The van der Waals surface area contributed by atoms with Crippen LogP contribution in [0.15, 0.2) is 69.3 Å². The minimum Gasteiger partial charge on any atom is -0.748 e. The van der Waals surface area contributed by atoms with Gasteiger partial charge in [-0.25, -0.2) is 34.8 Å². The fourth-order valence-corrected chi connectivity index (χ4v) is 9.15. The van der Waals surface area contributed by atoms with Gasteiger partial charge in [0.15, 0.2) is 28.2 Å². The lowest BCUT2D eigenvalue weighted by atomic mass is 9.70. The smallest absolute Gasteiger partial charge is 0.237 e. The van der Waals surface area contributed by atoms with E-state index in [-0.39, 0.29) is 22.0 Å². The normalized spacial score (nSPS) is 21.4. The van der Waals surface area contributed by atoms with Crippen LogP contribution in [-0.4, -0.2) is 24.5 Å². The molecule has 0 N–H and O–H groups in total. The first kappa shape index (κ1) is 30.1. The Balaban J connectivity index is 0.000000210. The highest BCUT2D eigenvalue weighted by atomic mass is 32.2. The molecule has 0 heterocycles. The summed E-state index contributed by atoms with van der Waals surface area (Å²) in [4.78, 5) is 10.6. The summed E-state index contributed by atoms with van der Waals surface area (Å²) in [6.07, 6.45) is 1.88. The van der Waals surface area contributed by atoms with Crippen LogP contribution >= 0.6 is 0 Å². The molecular formula is C28H24F6O4S2. The maximum atomic E-state index is 14.3. The Hall–Kier alpha value is -2.83. The predicted octanol–water partition coefficient (Wildman–Crippen LogP) is 6.54. The molecule has 0 aromatic heterocycles. The van der Waals surface area contributed by atoms with Crippen molar-refractivity contribution in [3.05, 3.63) is 89.5 Å². The third kappa shape index (κ3) is 5.53. The maximum absolute atomic E-state index is 14.3. The molecular weight excluding hydrogens is 578 g/mol. The molecule has 40 heavy (non-hydrogen) atoms. The van der Waals surface area contributed by atoms with Crippen LogP contribution in [0.25, 0.3) is 0 Å². The van der Waals surface area contributed by atoms with E-state index >= 15 is 0 Å². The van der Waals surface area contributed by atoms with Crippen molar-refractivity contribution in [3.8, 4) is 0 Å². The van der Waals surface area contributed by atoms with Crippen molar-refractivity contribution in [2.75, 3.05) is 5.75 Å². The Morgan fingerprint density at radius 2 is 1.30 bits per heavy atom. The molecule has 2 fully saturated rings. The van der Waals surface area contributed by atoms with Gasteiger partial charge in [-0.2, -0.15) is 0 Å². The van der Waals surface area contributed by atoms with Crippen LogP contribution in [0.1, 0.15) is 33.1 Å². The molecule has 0 spiro atoms. The number of halogens is 6. The number of carbonyl (C=O) groups is 1. The quantitative estimate of drug-likeness (QED) is 0.189. The number of fused-ring (bicyclic) bond motifs is 2. The number of hydrogen-bond donors (Lipinski definition) is 0. The summed E-state index contributed by atoms with van der Waals surface area (Å²) in [5, 5.41) is 0. The van der Waals surface area contributed by atoms with Gasteiger partial charge in [0.1, 0.15) is 28.3 Å². The Kier molecular flexibility index (Phi) is 8.19. The number of ketones is 1. The first-order valence-electron chi connectivity index (χ1n) is 12.1. The van der Waals surface area contributed by atoms with Gasteiger partial charge < -0.3 is 4.55 Å². The van der Waals surface area contributed by atoms with Crippen LogP contribution in [-0.2, 0) is 25.8 Å². The maximum Gasteiger partial charge on any atom is 0.237 e. The Morgan fingerprint density at radius 3 is 1.65 bits per heavy atom. The third-order valence-electron chi connectivity index (χ3n) is 7.88. The second-order valence-corrected chi connectivity index (χ2v) is 13.7. The molecule has 0 radical (unpaired) electrons. The average Bonchev–Trinajstić information content (AvgIpc) is 3.16. The monoisotopic (exact) mass is 602 g/mol. The molecule has 2 unspecified atom stereocenters. The number of carbonyl (C=O) groups excluding carboxylic acids is 1. The van der Waals surface area contributed by atoms with Gasteiger partial charge in [0.2, 0.25) is 9.79 Å². The highest BCUT2D eigenvalue weighted by Crippen LogP contribution is 2.64. The van der Waals surface area contributed by atoms with E-state index in [0.717, 1.165) is 6.42 Å². The minimum atomic E-state index is -4.33. The van der Waals surface area contributed by atoms with Crippen LogP contribution in [0.3, 0.4) is 0 Å². The molecule has 5 rings (SSSR count). The zero-order chi connectivity index (χ0) is 29.6. The summed E-state index contributed by atoms with van der Waals surface area (Å²) in [5.41, 5.74) is -1.22. The Labute approximate surface area is 230 Å². The first-order valence-corrected chi connectivity index (χ1v) is 14.9. The van der Waals surface area contributed by atoms with E-state index in [1.165, 1.54) is 24.3 Å². The second kappa shape index (κ2) is 10.9. The average molecular weight is 603 g/mol. The molecule has 0 aliphatic heterocycles. The highest BCUT2D eigenvalue weighted by molar-refractivity contribution is 7.97. The van der Waals surface area contributed by atoms with Crippen molar-refractivity contribution in [1.29, 1.82) is 0 Å². The molecule has 12 heteroatoms. The second-order valence-electron chi connectivity index (χ2n) is 10.4. The zero-order valence-corrected chi connectivity index (χ0v) is 23.0. The first-order chi connectivity index (χ1) is 18.6. The topological polar surface area (TPSA) is 74.3 Å². The lowest BCUT2D eigenvalue weighted by Gasteiger charge is -2.37. The third-order valence-corrected chi connectivity index (χ3v) is 11.1. The standard InChI is InChI=1S/C18H9F6S.C10H16O4S/c19-10-6-13(21)17(14(22)7-10)25(12-4-2-1-3-5-12)18-15(23)8-11(20)9-16(18)24;1-9(2)7-3-4-10(9,8(11)5-7)6-15(12,13)14/h1-9H;7H,3-6H2,1-2H3,(H,12,13,14)/q+1;/p-1. The van der Waals surface area contributed by atoms with Crippen LogP contribution in [0, 0.1) is 51.7 Å². The fraction of sp³-hybridized carbons (Fsp3) is 0.321. The number of hydrogen-bond acceptors (Lipinski definition) is 4. The van der Waals surface area contributed by atoms with Gasteiger partial charge in [-0.15, -0.1) is 0 Å². The predicted molar refractivity (Wildman–Crippen MR) is 134 cm³/mol. The van der Waals surface area contributed by atoms with E-state index in [0.29, 0.717) is 37.1 Å². The highest BCUT2D eigenvalue weighted by Gasteiger charge is 2.64. The van der Waals surface area contributed by atoms with Crippen LogP contribution in [0.2, 0.25) is 0 Å². The van der Waals surface area contributed by atoms with Gasteiger partial charge in [0.25, 0.3) is 0 Å². The minimum absolute atomic E-state index is 0.0248. The lowest BCUT2D eigenvalue weighted by Crippen LogP contribution is -2.42. The van der Waals surface area contributed by atoms with Crippen molar-refractivity contribution < 1.29 is 44.1 Å². The van der Waals surface area contributed by atoms with E-state index in [1.807, 2.05) is 13.8 Å². The molecule has 2 saturated carbocycles. The van der Waals surface area contributed by atoms with Gasteiger partial charge in [-0.05, 0) is 36.3 Å². The summed E-state index contributed by atoms with van der Waals surface area (Å²) in [5.74, 6) is -7.73. The van der Waals surface area contributed by atoms with Crippen LogP contribution < -0.4 is 0 Å². The number of Topliss-reactive ketones (excluding diaryl/α,β-unsaturated/α-hetero) is 1. The van der Waals surface area contributed by atoms with Gasteiger partial charge >= 0.3 is 0 Å². The van der Waals surface area contributed by atoms with E-state index in [9.17, 15) is 44.1 Å². The van der Waals surface area contributed by atoms with Crippen LogP contribution in [0.5, 0.6) is 0 Å². The van der Waals surface area contributed by atoms with Crippen molar-refractivity contribution in [3.63, 3.8) is 0 Å². The molecule has 2 aliphatic carbocycles. The number of benzene rings is 3. The summed E-state index contributed by atoms with van der Waals surface area (Å²) >= 11 is 0. The molecule has 0 amide bonds. The molecule has 2 aliphatic rings. The summed E-state index contributed by atoms with van der Waals surface area (Å²) in [6.45, 7) is 3.83. The summed E-state index contributed by atoms with van der Waals surface area (Å²) in [7, 11) is -6.24. The van der Waals surface area contributed by atoms with Gasteiger partial charge in [0, 0.05) is 36.1 Å². The lowest BCUT2D eigenvalue weighted by molar-refractivity contribution is -0.128. The van der Waals surface area contributed by atoms with E-state index in [2.05, 4.69) is 0 Å². The molecule has 3 aromatic rings. The van der Waals surface area contributed by atoms with Gasteiger partial charge in [-0.1, -0.05) is 32.0 Å². The zero-order valence-electron chi connectivity index (χ0n) is 21.3. The molecule has 0 saturated heterocycles. The molecule has 3 aromatic carbocycles. The molecule has 2 atom stereocenters. The fourth-order valence-electron chi connectivity index (χ4n) is 5.75. The number of rotatable bonds is 5. The molecule has 214 valence electrons. The molecule has 2 bridgehead atoms. The van der Waals surface area contributed by atoms with E-state index in [1.54, 1.807) is 6.07 Å². The van der Waals surface area contributed by atoms with Crippen LogP contribution in [0.4, 0.5) is 26.3 Å². The van der Waals surface area contributed by atoms with Gasteiger partial charge in [0.05, 0.1) is 15.9 Å². The Bertz CT molecular complexity index is 1460. The Morgan fingerprint density at radius 1 is 0.850 bits per heavy atom. The van der Waals surface area contributed by atoms with Gasteiger partial charge in [-0.3, -0.25) is 4.79 Å². The SMILES string of the molecule is CC1(C)C2CCC1(CS(=O)(=O)[O-])C(=O)C2.Fc1cc(F)c([S+](c2ccccc2)c2c(F)cc(F)cc2F)c(F)c1. The van der Waals surface area contributed by atoms with Crippen molar-refractivity contribution >= 4 is 26.8 Å². The van der Waals surface area contributed by atoms with Crippen molar-refractivity contribution in [2.24, 2.45) is 16.7 Å². The molecule has 4 nitrogen and oxygen atoms in total. The van der Waals surface area contributed by atoms with Crippen molar-refractivity contribution in [1.82, 2.24) is 0 Å².